The smallest absolute Gasteiger partial charge is 0.318 e. The minimum absolute atomic E-state index is 0.0116. The summed E-state index contributed by atoms with van der Waals surface area (Å²) in [6.45, 7) is 4.07. The standard InChI is InChI=1S/C18H22ClNO6/c1-4-17(12-5-7-13(19)8-6-12)14(20(25)26)16(3,24)9-10-18(17,11(2)21)15(22)23/h5-8,14,24H,4,9-10H2,1-3H3,(H,22,23)/t14-,16-,17+,18-/m1/s1. The fraction of sp³-hybridized carbons (Fsp3) is 0.556. The number of carboxylic acid groups (broad SMARTS) is 1. The first-order valence-electron chi connectivity index (χ1n) is 8.33. The Balaban J connectivity index is 2.98. The van der Waals surface area contributed by atoms with Crippen LogP contribution in [-0.4, -0.2) is 38.5 Å². The van der Waals surface area contributed by atoms with E-state index in [1.807, 2.05) is 0 Å². The average molecular weight is 384 g/mol. The number of Topliss-reactive ketones (excluding diaryl/α,β-unsaturated/α-hetero) is 1. The second-order valence-corrected chi connectivity index (χ2v) is 7.58. The third-order valence-corrected chi connectivity index (χ3v) is 6.17. The van der Waals surface area contributed by atoms with Crippen LogP contribution in [0.2, 0.25) is 5.02 Å². The second-order valence-electron chi connectivity index (χ2n) is 7.14. The highest BCUT2D eigenvalue weighted by Gasteiger charge is 2.74. The molecule has 26 heavy (non-hydrogen) atoms. The molecule has 1 saturated carbocycles. The summed E-state index contributed by atoms with van der Waals surface area (Å²) >= 11 is 5.92. The lowest BCUT2D eigenvalue weighted by Crippen LogP contribution is -2.71. The average Bonchev–Trinajstić information content (AvgIpc) is 2.53. The molecular formula is C18H22ClNO6. The zero-order valence-electron chi connectivity index (χ0n) is 14.9. The fourth-order valence-corrected chi connectivity index (χ4v) is 4.89. The zero-order valence-corrected chi connectivity index (χ0v) is 15.6. The molecule has 0 bridgehead atoms. The van der Waals surface area contributed by atoms with Crippen molar-refractivity contribution in [3.05, 3.63) is 45.0 Å². The van der Waals surface area contributed by atoms with E-state index >= 15 is 0 Å². The van der Waals surface area contributed by atoms with Crippen molar-refractivity contribution in [3.8, 4) is 0 Å². The van der Waals surface area contributed by atoms with E-state index in [2.05, 4.69) is 0 Å². The van der Waals surface area contributed by atoms with Crippen LogP contribution in [0, 0.1) is 15.5 Å². The van der Waals surface area contributed by atoms with Gasteiger partial charge in [-0.2, -0.15) is 0 Å². The SMILES string of the molecule is CC[C@]1(c2ccc(Cl)cc2)[C@H]([N+](=O)[O-])[C@](C)(O)CC[C@@]1(C(C)=O)C(=O)O. The highest BCUT2D eigenvalue weighted by Crippen LogP contribution is 2.58. The summed E-state index contributed by atoms with van der Waals surface area (Å²) in [7, 11) is 0. The Kier molecular flexibility index (Phi) is 5.18. The van der Waals surface area contributed by atoms with Crippen molar-refractivity contribution >= 4 is 23.4 Å². The number of hydrogen-bond donors (Lipinski definition) is 2. The zero-order chi connectivity index (χ0) is 19.9. The van der Waals surface area contributed by atoms with Gasteiger partial charge in [0.1, 0.15) is 16.8 Å². The first-order chi connectivity index (χ1) is 12.0. The van der Waals surface area contributed by atoms with Gasteiger partial charge in [0.25, 0.3) is 6.04 Å². The monoisotopic (exact) mass is 383 g/mol. The van der Waals surface area contributed by atoms with Crippen LogP contribution in [0.1, 0.15) is 45.6 Å². The lowest BCUT2D eigenvalue weighted by molar-refractivity contribution is -0.565. The van der Waals surface area contributed by atoms with Crippen molar-refractivity contribution in [3.63, 3.8) is 0 Å². The minimum Gasteiger partial charge on any atom is -0.480 e. The van der Waals surface area contributed by atoms with Gasteiger partial charge in [-0.15, -0.1) is 0 Å². The van der Waals surface area contributed by atoms with E-state index in [-0.39, 0.29) is 19.3 Å². The molecule has 0 spiro atoms. The van der Waals surface area contributed by atoms with Crippen LogP contribution < -0.4 is 0 Å². The largest absolute Gasteiger partial charge is 0.480 e. The summed E-state index contributed by atoms with van der Waals surface area (Å²) < 4.78 is 0. The van der Waals surface area contributed by atoms with Gasteiger partial charge < -0.3 is 10.2 Å². The molecule has 8 heteroatoms. The van der Waals surface area contributed by atoms with Gasteiger partial charge in [0.05, 0.1) is 5.41 Å². The van der Waals surface area contributed by atoms with Crippen LogP contribution in [0.5, 0.6) is 0 Å². The number of carboxylic acids is 1. The molecule has 1 fully saturated rings. The summed E-state index contributed by atoms with van der Waals surface area (Å²) in [5.41, 5.74) is -5.20. The van der Waals surface area contributed by atoms with Crippen LogP contribution in [0.4, 0.5) is 0 Å². The van der Waals surface area contributed by atoms with Crippen LogP contribution in [0.25, 0.3) is 0 Å². The Hall–Kier alpha value is -1.99. The summed E-state index contributed by atoms with van der Waals surface area (Å²) in [6, 6.07) is 4.34. The molecule has 2 N–H and O–H groups in total. The normalized spacial score (nSPS) is 34.3. The Labute approximate surface area is 156 Å². The predicted octanol–water partition coefficient (Wildman–Crippen LogP) is 2.84. The maximum Gasteiger partial charge on any atom is 0.318 e. The van der Waals surface area contributed by atoms with E-state index in [9.17, 15) is 29.9 Å². The second kappa shape index (κ2) is 6.63. The molecule has 4 atom stereocenters. The molecule has 1 aliphatic rings. The Morgan fingerprint density at radius 1 is 1.31 bits per heavy atom. The van der Waals surface area contributed by atoms with Gasteiger partial charge in [-0.3, -0.25) is 19.7 Å². The third-order valence-electron chi connectivity index (χ3n) is 5.92. The molecule has 0 heterocycles. The Morgan fingerprint density at radius 3 is 2.23 bits per heavy atom. The number of carbonyl (C=O) groups is 2. The fourth-order valence-electron chi connectivity index (χ4n) is 4.76. The van der Waals surface area contributed by atoms with E-state index in [0.717, 1.165) is 6.92 Å². The summed E-state index contributed by atoms with van der Waals surface area (Å²) in [5.74, 6) is -2.08. The maximum atomic E-state index is 12.6. The first kappa shape index (κ1) is 20.3. The number of carbonyl (C=O) groups excluding carboxylic acids is 1. The molecule has 1 aliphatic carbocycles. The molecule has 0 aliphatic heterocycles. The van der Waals surface area contributed by atoms with Crippen LogP contribution in [-0.2, 0) is 15.0 Å². The van der Waals surface area contributed by atoms with Gasteiger partial charge in [0.2, 0.25) is 0 Å². The molecule has 0 saturated heterocycles. The van der Waals surface area contributed by atoms with Gasteiger partial charge in [-0.1, -0.05) is 30.7 Å². The topological polar surface area (TPSA) is 118 Å². The molecule has 7 nitrogen and oxygen atoms in total. The van der Waals surface area contributed by atoms with Crippen molar-refractivity contribution in [1.29, 1.82) is 0 Å². The van der Waals surface area contributed by atoms with Crippen molar-refractivity contribution in [2.24, 2.45) is 5.41 Å². The molecule has 0 unspecified atom stereocenters. The van der Waals surface area contributed by atoms with Gasteiger partial charge in [-0.05, 0) is 50.8 Å². The number of aliphatic carboxylic acids is 1. The van der Waals surface area contributed by atoms with Gasteiger partial charge >= 0.3 is 5.97 Å². The molecule has 0 aromatic heterocycles. The summed E-state index contributed by atoms with van der Waals surface area (Å²) in [6.07, 6.45) is -0.367. The predicted molar refractivity (Wildman–Crippen MR) is 94.8 cm³/mol. The van der Waals surface area contributed by atoms with Gasteiger partial charge in [0, 0.05) is 9.95 Å². The number of nitro groups is 1. The Bertz CT molecular complexity index is 731. The highest BCUT2D eigenvalue weighted by molar-refractivity contribution is 6.30. The van der Waals surface area contributed by atoms with Gasteiger partial charge in [-0.25, -0.2) is 0 Å². The molecule has 2 rings (SSSR count). The number of hydrogen-bond acceptors (Lipinski definition) is 5. The van der Waals surface area contributed by atoms with Crippen LogP contribution in [0.3, 0.4) is 0 Å². The number of benzene rings is 1. The highest BCUT2D eigenvalue weighted by atomic mass is 35.5. The van der Waals surface area contributed by atoms with Crippen molar-refractivity contribution in [2.45, 2.75) is 57.1 Å². The number of halogens is 1. The van der Waals surface area contributed by atoms with E-state index in [4.69, 9.17) is 11.6 Å². The molecule has 1 aromatic carbocycles. The van der Waals surface area contributed by atoms with Crippen LogP contribution >= 0.6 is 11.6 Å². The van der Waals surface area contributed by atoms with Crippen molar-refractivity contribution in [2.75, 3.05) is 0 Å². The molecule has 142 valence electrons. The molecular weight excluding hydrogens is 362 g/mol. The third kappa shape index (κ3) is 2.61. The maximum absolute atomic E-state index is 12.6. The first-order valence-corrected chi connectivity index (χ1v) is 8.71. The Morgan fingerprint density at radius 2 is 1.85 bits per heavy atom. The van der Waals surface area contributed by atoms with E-state index in [1.165, 1.54) is 31.2 Å². The van der Waals surface area contributed by atoms with E-state index in [1.54, 1.807) is 6.92 Å². The molecule has 0 radical (unpaired) electrons. The summed E-state index contributed by atoms with van der Waals surface area (Å²) in [4.78, 5) is 36.4. The van der Waals surface area contributed by atoms with Gasteiger partial charge in [0.15, 0.2) is 0 Å². The van der Waals surface area contributed by atoms with Crippen molar-refractivity contribution in [1.82, 2.24) is 0 Å². The lowest BCUT2D eigenvalue weighted by Gasteiger charge is -2.54. The molecule has 0 amide bonds. The van der Waals surface area contributed by atoms with E-state index in [0.29, 0.717) is 10.6 Å². The number of rotatable bonds is 5. The number of ketones is 1. The summed E-state index contributed by atoms with van der Waals surface area (Å²) in [5, 5.41) is 33.3. The van der Waals surface area contributed by atoms with Crippen molar-refractivity contribution < 1.29 is 24.7 Å². The van der Waals surface area contributed by atoms with E-state index < -0.39 is 39.1 Å². The number of aliphatic hydroxyl groups is 1. The van der Waals surface area contributed by atoms with Crippen LogP contribution in [0.15, 0.2) is 24.3 Å². The number of nitrogens with zero attached hydrogens (tertiary/aromatic N) is 1. The molecule has 1 aromatic rings. The minimum atomic E-state index is -2.02. The quantitative estimate of drug-likeness (QED) is 0.458. The lowest BCUT2D eigenvalue weighted by atomic mass is 9.46.